The van der Waals surface area contributed by atoms with E-state index in [-0.39, 0.29) is 24.3 Å². The number of nitrogens with one attached hydrogen (secondary N) is 2. The molecule has 0 spiro atoms. The summed E-state index contributed by atoms with van der Waals surface area (Å²) in [5.74, 6) is -1.29. The Labute approximate surface area is 229 Å². The van der Waals surface area contributed by atoms with Crippen molar-refractivity contribution >= 4 is 29.3 Å². The van der Waals surface area contributed by atoms with Crippen LogP contribution in [0.25, 0.3) is 5.57 Å². The standard InChI is InChI=1S/C31H37N3O5/c1-20(2)17-25(29(36)33-26(31(38)39-3)18-21-11-5-4-6-12-21)32-28(35)19-24-22-13-7-8-14-23(22)30(37)34-16-10-9-15-27(24)34/h4-8,11-14,19-20,25-27H,9-10,15-18H2,1-3H3,(H,32,35)(H,33,36)/b24-19-/t25-,26-,27-/m0/s1. The third-order valence-corrected chi connectivity index (χ3v) is 7.30. The van der Waals surface area contributed by atoms with E-state index < -0.39 is 29.9 Å². The van der Waals surface area contributed by atoms with Gasteiger partial charge in [0.2, 0.25) is 11.8 Å². The molecule has 0 aliphatic carbocycles. The number of carbonyl (C=O) groups excluding carboxylic acids is 4. The van der Waals surface area contributed by atoms with Crippen LogP contribution in [0.4, 0.5) is 0 Å². The van der Waals surface area contributed by atoms with Gasteiger partial charge in [-0.05, 0) is 54.4 Å². The highest BCUT2D eigenvalue weighted by molar-refractivity contribution is 6.07. The Bertz CT molecular complexity index is 1240. The van der Waals surface area contributed by atoms with E-state index in [1.807, 2.05) is 67.3 Å². The van der Waals surface area contributed by atoms with Gasteiger partial charge in [0.25, 0.3) is 5.91 Å². The number of carbonyl (C=O) groups is 4. The predicted octanol–water partition coefficient (Wildman–Crippen LogP) is 3.51. The summed E-state index contributed by atoms with van der Waals surface area (Å²) in [6, 6.07) is 14.8. The number of esters is 1. The lowest BCUT2D eigenvalue weighted by atomic mass is 9.83. The van der Waals surface area contributed by atoms with E-state index in [0.717, 1.165) is 36.0 Å². The number of piperidine rings is 1. The van der Waals surface area contributed by atoms with Crippen molar-refractivity contribution in [2.45, 2.75) is 64.1 Å². The van der Waals surface area contributed by atoms with Crippen molar-refractivity contribution < 1.29 is 23.9 Å². The number of amides is 3. The van der Waals surface area contributed by atoms with Crippen molar-refractivity contribution in [3.05, 3.63) is 77.4 Å². The van der Waals surface area contributed by atoms with Gasteiger partial charge in [-0.3, -0.25) is 14.4 Å². The van der Waals surface area contributed by atoms with Crippen LogP contribution in [0.3, 0.4) is 0 Å². The first-order valence-corrected chi connectivity index (χ1v) is 13.6. The normalized spacial score (nSPS) is 19.1. The Morgan fingerprint density at radius 3 is 2.36 bits per heavy atom. The molecular formula is C31H37N3O5. The van der Waals surface area contributed by atoms with Gasteiger partial charge in [-0.25, -0.2) is 4.79 Å². The number of methoxy groups -OCH3 is 1. The zero-order valence-corrected chi connectivity index (χ0v) is 22.8. The molecule has 2 aliphatic rings. The molecule has 2 aromatic rings. The number of benzene rings is 2. The molecule has 0 bridgehead atoms. The van der Waals surface area contributed by atoms with Crippen molar-refractivity contribution in [3.63, 3.8) is 0 Å². The zero-order chi connectivity index (χ0) is 27.9. The summed E-state index contributed by atoms with van der Waals surface area (Å²) in [6.07, 6.45) is 4.90. The van der Waals surface area contributed by atoms with Crippen LogP contribution >= 0.6 is 0 Å². The maximum atomic E-state index is 13.4. The molecule has 0 radical (unpaired) electrons. The minimum atomic E-state index is -0.887. The van der Waals surface area contributed by atoms with E-state index in [9.17, 15) is 19.2 Å². The molecular weight excluding hydrogens is 494 g/mol. The molecule has 0 unspecified atom stereocenters. The number of hydrogen-bond donors (Lipinski definition) is 2. The third kappa shape index (κ3) is 6.74. The van der Waals surface area contributed by atoms with E-state index in [2.05, 4.69) is 10.6 Å². The average molecular weight is 532 g/mol. The molecule has 0 saturated carbocycles. The molecule has 1 saturated heterocycles. The summed E-state index contributed by atoms with van der Waals surface area (Å²) in [4.78, 5) is 54.2. The molecule has 3 amide bonds. The SMILES string of the molecule is COC(=O)[C@H](Cc1ccccc1)NC(=O)[C@H](CC(C)C)NC(=O)/C=C1/c2ccccc2C(=O)N2CCCC[C@@H]12. The molecule has 2 aliphatic heterocycles. The van der Waals surface area contributed by atoms with E-state index >= 15 is 0 Å². The van der Waals surface area contributed by atoms with Crippen LogP contribution in [0.1, 0.15) is 61.0 Å². The van der Waals surface area contributed by atoms with Crippen molar-refractivity contribution in [1.29, 1.82) is 0 Å². The summed E-state index contributed by atoms with van der Waals surface area (Å²) in [6.45, 7) is 4.59. The van der Waals surface area contributed by atoms with Gasteiger partial charge in [-0.1, -0.05) is 62.4 Å². The number of ether oxygens (including phenoxy) is 1. The van der Waals surface area contributed by atoms with Crippen LogP contribution in [0.15, 0.2) is 60.7 Å². The Morgan fingerprint density at radius 1 is 0.974 bits per heavy atom. The molecule has 2 heterocycles. The van der Waals surface area contributed by atoms with E-state index in [0.29, 0.717) is 18.5 Å². The van der Waals surface area contributed by atoms with Crippen molar-refractivity contribution in [1.82, 2.24) is 15.5 Å². The number of rotatable bonds is 9. The van der Waals surface area contributed by atoms with Gasteiger partial charge in [0.15, 0.2) is 0 Å². The lowest BCUT2D eigenvalue weighted by Crippen LogP contribution is -2.53. The summed E-state index contributed by atoms with van der Waals surface area (Å²) >= 11 is 0. The third-order valence-electron chi connectivity index (χ3n) is 7.30. The molecule has 8 heteroatoms. The van der Waals surface area contributed by atoms with Gasteiger partial charge >= 0.3 is 5.97 Å². The van der Waals surface area contributed by atoms with E-state index in [4.69, 9.17) is 4.74 Å². The smallest absolute Gasteiger partial charge is 0.328 e. The average Bonchev–Trinajstić information content (AvgIpc) is 2.94. The lowest BCUT2D eigenvalue weighted by molar-refractivity contribution is -0.145. The van der Waals surface area contributed by atoms with Crippen LogP contribution in [0.2, 0.25) is 0 Å². The quantitative estimate of drug-likeness (QED) is 0.381. The molecule has 3 atom stereocenters. The highest BCUT2D eigenvalue weighted by atomic mass is 16.5. The minimum absolute atomic E-state index is 0.00260. The summed E-state index contributed by atoms with van der Waals surface area (Å²) < 4.78 is 4.94. The Kier molecular flexibility index (Phi) is 9.17. The Balaban J connectivity index is 1.55. The molecule has 39 heavy (non-hydrogen) atoms. The van der Waals surface area contributed by atoms with E-state index in [1.165, 1.54) is 13.2 Å². The van der Waals surface area contributed by atoms with Gasteiger partial charge in [0.05, 0.1) is 13.2 Å². The topological polar surface area (TPSA) is 105 Å². The minimum Gasteiger partial charge on any atom is -0.467 e. The van der Waals surface area contributed by atoms with Gasteiger partial charge in [-0.2, -0.15) is 0 Å². The first-order valence-electron chi connectivity index (χ1n) is 13.6. The molecule has 8 nitrogen and oxygen atoms in total. The van der Waals surface area contributed by atoms with Gasteiger partial charge in [0.1, 0.15) is 12.1 Å². The maximum absolute atomic E-state index is 13.4. The zero-order valence-electron chi connectivity index (χ0n) is 22.8. The highest BCUT2D eigenvalue weighted by Gasteiger charge is 2.37. The molecule has 4 rings (SSSR count). The first kappa shape index (κ1) is 28.1. The Hall–Kier alpha value is -3.94. The number of fused-ring (bicyclic) bond motifs is 2. The maximum Gasteiger partial charge on any atom is 0.328 e. The fourth-order valence-corrected chi connectivity index (χ4v) is 5.44. The second-order valence-corrected chi connectivity index (χ2v) is 10.6. The molecule has 206 valence electrons. The monoisotopic (exact) mass is 531 g/mol. The number of nitrogens with zero attached hydrogens (tertiary/aromatic N) is 1. The van der Waals surface area contributed by atoms with Crippen LogP contribution in [0, 0.1) is 5.92 Å². The van der Waals surface area contributed by atoms with Gasteiger partial charge in [-0.15, -0.1) is 0 Å². The van der Waals surface area contributed by atoms with Crippen LogP contribution in [-0.4, -0.2) is 60.4 Å². The van der Waals surface area contributed by atoms with Crippen LogP contribution in [0.5, 0.6) is 0 Å². The van der Waals surface area contributed by atoms with Crippen LogP contribution < -0.4 is 10.6 Å². The second kappa shape index (κ2) is 12.7. The largest absolute Gasteiger partial charge is 0.467 e. The van der Waals surface area contributed by atoms with Crippen molar-refractivity contribution in [3.8, 4) is 0 Å². The fraction of sp³-hybridized carbons (Fsp3) is 0.419. The molecule has 1 fully saturated rings. The van der Waals surface area contributed by atoms with Gasteiger partial charge < -0.3 is 20.3 Å². The Morgan fingerprint density at radius 2 is 1.67 bits per heavy atom. The highest BCUT2D eigenvalue weighted by Crippen LogP contribution is 2.37. The lowest BCUT2D eigenvalue weighted by Gasteiger charge is -2.41. The first-order chi connectivity index (χ1) is 18.8. The van der Waals surface area contributed by atoms with Crippen molar-refractivity contribution in [2.24, 2.45) is 5.92 Å². The summed E-state index contributed by atoms with van der Waals surface area (Å²) in [5.41, 5.74) is 3.03. The number of hydrogen-bond acceptors (Lipinski definition) is 5. The van der Waals surface area contributed by atoms with Crippen LogP contribution in [-0.2, 0) is 25.5 Å². The summed E-state index contributed by atoms with van der Waals surface area (Å²) in [5, 5.41) is 5.67. The van der Waals surface area contributed by atoms with Crippen molar-refractivity contribution in [2.75, 3.05) is 13.7 Å². The predicted molar refractivity (Wildman–Crippen MR) is 149 cm³/mol. The molecule has 2 aromatic carbocycles. The summed E-state index contributed by atoms with van der Waals surface area (Å²) in [7, 11) is 1.29. The molecule has 2 N–H and O–H groups in total. The fourth-order valence-electron chi connectivity index (χ4n) is 5.44. The second-order valence-electron chi connectivity index (χ2n) is 10.6. The van der Waals surface area contributed by atoms with Gasteiger partial charge in [0, 0.05) is 24.6 Å². The molecule has 0 aromatic heterocycles. The van der Waals surface area contributed by atoms with E-state index in [1.54, 1.807) is 6.07 Å².